The van der Waals surface area contributed by atoms with Crippen molar-refractivity contribution in [2.75, 3.05) is 13.2 Å². The van der Waals surface area contributed by atoms with Gasteiger partial charge in [0.25, 0.3) is 0 Å². The third-order valence-corrected chi connectivity index (χ3v) is 3.25. The van der Waals surface area contributed by atoms with E-state index in [1.165, 1.54) is 6.20 Å². The molecule has 0 aliphatic rings. The molecule has 0 bridgehead atoms. The number of hydrogen-bond acceptors (Lipinski definition) is 7. The zero-order valence-electron chi connectivity index (χ0n) is 10.3. The highest BCUT2D eigenvalue weighted by atomic mass is 32.1. The third kappa shape index (κ3) is 4.49. The number of aliphatic hydroxyl groups is 2. The van der Waals surface area contributed by atoms with E-state index in [-0.39, 0.29) is 29.5 Å². The Morgan fingerprint density at radius 2 is 2.42 bits per heavy atom. The Morgan fingerprint density at radius 3 is 3.05 bits per heavy atom. The van der Waals surface area contributed by atoms with Crippen LogP contribution in [-0.4, -0.2) is 40.4 Å². The molecule has 9 heteroatoms. The van der Waals surface area contributed by atoms with Gasteiger partial charge >= 0.3 is 5.97 Å². The maximum atomic E-state index is 11.4. The molecule has 2 atom stereocenters. The lowest BCUT2D eigenvalue weighted by molar-refractivity contribution is 0.0149. The van der Waals surface area contributed by atoms with Crippen LogP contribution in [0.2, 0.25) is 0 Å². The molecule has 104 valence electrons. The highest BCUT2D eigenvalue weighted by Crippen LogP contribution is 2.24. The van der Waals surface area contributed by atoms with Gasteiger partial charge in [-0.1, -0.05) is 5.11 Å². The highest BCUT2D eigenvalue weighted by molar-refractivity contribution is 7.13. The maximum absolute atomic E-state index is 11.4. The second kappa shape index (κ2) is 7.70. The molecule has 0 spiro atoms. The quantitative estimate of drug-likeness (QED) is 0.339. The molecule has 2 unspecified atom stereocenters. The van der Waals surface area contributed by atoms with Crippen LogP contribution in [0.25, 0.3) is 10.4 Å². The predicted octanol–water partition coefficient (Wildman–Crippen LogP) is 1.41. The molecule has 0 aliphatic carbocycles. The Kier molecular flexibility index (Phi) is 6.23. The largest absolute Gasteiger partial charge is 0.462 e. The molecule has 0 amide bonds. The average molecular weight is 286 g/mol. The van der Waals surface area contributed by atoms with E-state index in [2.05, 4.69) is 15.0 Å². The summed E-state index contributed by atoms with van der Waals surface area (Å²) in [5.74, 6) is -0.512. The first-order valence-electron chi connectivity index (χ1n) is 5.60. The lowest BCUT2D eigenvalue weighted by atomic mass is 10.1. The van der Waals surface area contributed by atoms with Gasteiger partial charge in [-0.3, -0.25) is 0 Å². The number of nitrogens with zero attached hydrogens (tertiary/aromatic N) is 4. The summed E-state index contributed by atoms with van der Waals surface area (Å²) in [5, 5.41) is 23.0. The number of esters is 1. The number of ether oxygens (including phenoxy) is 1. The van der Waals surface area contributed by atoms with Crippen LogP contribution < -0.4 is 0 Å². The van der Waals surface area contributed by atoms with Gasteiger partial charge in [0.05, 0.1) is 18.9 Å². The van der Waals surface area contributed by atoms with Crippen LogP contribution in [0.3, 0.4) is 0 Å². The normalized spacial score (nSPS) is 13.4. The van der Waals surface area contributed by atoms with Gasteiger partial charge < -0.3 is 14.9 Å². The number of carbonyl (C=O) groups is 1. The van der Waals surface area contributed by atoms with Crippen molar-refractivity contribution < 1.29 is 19.7 Å². The number of rotatable bonds is 7. The average Bonchev–Trinajstić information content (AvgIpc) is 2.88. The lowest BCUT2D eigenvalue weighted by Crippen LogP contribution is -2.18. The van der Waals surface area contributed by atoms with Crippen molar-refractivity contribution in [2.45, 2.75) is 25.6 Å². The summed E-state index contributed by atoms with van der Waals surface area (Å²) in [7, 11) is 0. The van der Waals surface area contributed by atoms with Crippen molar-refractivity contribution in [3.05, 3.63) is 26.5 Å². The monoisotopic (exact) mass is 286 g/mol. The molecule has 1 aromatic heterocycles. The number of aromatic nitrogens is 1. The summed E-state index contributed by atoms with van der Waals surface area (Å²) < 4.78 is 4.79. The molecule has 1 heterocycles. The van der Waals surface area contributed by atoms with Gasteiger partial charge in [0.15, 0.2) is 0 Å². The Balaban J connectivity index is 2.64. The lowest BCUT2D eigenvalue weighted by Gasteiger charge is -2.14. The van der Waals surface area contributed by atoms with Crippen LogP contribution in [0.4, 0.5) is 0 Å². The van der Waals surface area contributed by atoms with E-state index in [4.69, 9.17) is 10.3 Å². The molecule has 8 nitrogen and oxygen atoms in total. The summed E-state index contributed by atoms with van der Waals surface area (Å²) >= 11 is 0.957. The van der Waals surface area contributed by atoms with Crippen LogP contribution in [-0.2, 0) is 4.74 Å². The van der Waals surface area contributed by atoms with Crippen molar-refractivity contribution in [2.24, 2.45) is 5.11 Å². The number of azide groups is 1. The Hall–Kier alpha value is -1.67. The maximum Gasteiger partial charge on any atom is 0.349 e. The van der Waals surface area contributed by atoms with Crippen LogP contribution in [0.5, 0.6) is 0 Å². The second-order valence-electron chi connectivity index (χ2n) is 3.54. The molecule has 0 saturated carbocycles. The number of aliphatic hydroxyl groups excluding tert-OH is 2. The predicted molar refractivity (Wildman–Crippen MR) is 67.7 cm³/mol. The number of carbonyl (C=O) groups excluding carboxylic acids is 1. The van der Waals surface area contributed by atoms with E-state index in [1.54, 1.807) is 6.92 Å². The van der Waals surface area contributed by atoms with Gasteiger partial charge in [0.2, 0.25) is 0 Å². The molecule has 0 radical (unpaired) electrons. The molecule has 1 aromatic rings. The number of hydrogen-bond donors (Lipinski definition) is 2. The molecule has 0 aliphatic heterocycles. The molecule has 0 saturated heterocycles. The Bertz CT molecular complexity index is 472. The van der Waals surface area contributed by atoms with Crippen LogP contribution in [0, 0.1) is 0 Å². The summed E-state index contributed by atoms with van der Waals surface area (Å²) in [4.78, 5) is 18.1. The zero-order valence-corrected chi connectivity index (χ0v) is 11.1. The van der Waals surface area contributed by atoms with E-state index in [1.807, 2.05) is 0 Å². The highest BCUT2D eigenvalue weighted by Gasteiger charge is 2.22. The minimum Gasteiger partial charge on any atom is -0.462 e. The van der Waals surface area contributed by atoms with E-state index >= 15 is 0 Å². The van der Waals surface area contributed by atoms with Crippen LogP contribution >= 0.6 is 11.3 Å². The van der Waals surface area contributed by atoms with Crippen molar-refractivity contribution >= 4 is 17.3 Å². The Labute approximate surface area is 113 Å². The van der Waals surface area contributed by atoms with Gasteiger partial charge in [-0.2, -0.15) is 0 Å². The fourth-order valence-corrected chi connectivity index (χ4v) is 2.13. The summed E-state index contributed by atoms with van der Waals surface area (Å²) in [6, 6.07) is 0. The van der Waals surface area contributed by atoms with Crippen molar-refractivity contribution in [1.82, 2.24) is 4.98 Å². The Morgan fingerprint density at radius 1 is 1.68 bits per heavy atom. The first-order chi connectivity index (χ1) is 9.10. The molecule has 19 heavy (non-hydrogen) atoms. The van der Waals surface area contributed by atoms with Gasteiger partial charge in [-0.15, -0.1) is 11.3 Å². The first-order valence-corrected chi connectivity index (χ1v) is 6.41. The van der Waals surface area contributed by atoms with Crippen LogP contribution in [0.15, 0.2) is 11.3 Å². The topological polar surface area (TPSA) is 128 Å². The second-order valence-corrected chi connectivity index (χ2v) is 4.60. The van der Waals surface area contributed by atoms with Crippen molar-refractivity contribution in [1.29, 1.82) is 0 Å². The minimum absolute atomic E-state index is 0.0742. The van der Waals surface area contributed by atoms with E-state index in [0.29, 0.717) is 0 Å². The van der Waals surface area contributed by atoms with Crippen molar-refractivity contribution in [3.63, 3.8) is 0 Å². The molecule has 0 aromatic carbocycles. The SMILES string of the molecule is CCOC(=O)c1cnc(C(O)C(O)CCN=[N+]=[N-])s1. The molecular weight excluding hydrogens is 272 g/mol. The standard InChI is InChI=1S/C10H14N4O4S/c1-2-18-10(17)7-5-12-9(19-7)8(16)6(15)3-4-13-14-11/h5-6,8,15-16H,2-4H2,1H3. The summed E-state index contributed by atoms with van der Waals surface area (Å²) in [6.45, 7) is 2.02. The number of thiazole rings is 1. The van der Waals surface area contributed by atoms with Gasteiger partial charge in [-0.25, -0.2) is 9.78 Å². The summed E-state index contributed by atoms with van der Waals surface area (Å²) in [6.07, 6.45) is -0.922. The van der Waals surface area contributed by atoms with E-state index < -0.39 is 18.2 Å². The van der Waals surface area contributed by atoms with Gasteiger partial charge in [0, 0.05) is 11.5 Å². The van der Waals surface area contributed by atoms with Gasteiger partial charge in [0.1, 0.15) is 16.0 Å². The molecule has 2 N–H and O–H groups in total. The van der Waals surface area contributed by atoms with Gasteiger partial charge in [-0.05, 0) is 18.9 Å². The third-order valence-electron chi connectivity index (χ3n) is 2.21. The van der Waals surface area contributed by atoms with E-state index in [0.717, 1.165) is 11.3 Å². The van der Waals surface area contributed by atoms with Crippen LogP contribution in [0.1, 0.15) is 34.1 Å². The van der Waals surface area contributed by atoms with Crippen molar-refractivity contribution in [3.8, 4) is 0 Å². The zero-order chi connectivity index (χ0) is 14.3. The van der Waals surface area contributed by atoms with E-state index in [9.17, 15) is 15.0 Å². The first kappa shape index (κ1) is 15.4. The fourth-order valence-electron chi connectivity index (χ4n) is 1.28. The molecular formula is C10H14N4O4S. The minimum atomic E-state index is -1.22. The molecule has 0 fully saturated rings. The molecule has 1 rings (SSSR count). The fraction of sp³-hybridized carbons (Fsp3) is 0.600. The smallest absolute Gasteiger partial charge is 0.349 e. The summed E-state index contributed by atoms with van der Waals surface area (Å²) in [5.41, 5.74) is 8.10.